The molecule has 0 spiro atoms. The van der Waals surface area contributed by atoms with Crippen molar-refractivity contribution in [2.75, 3.05) is 13.3 Å². The Labute approximate surface area is 137 Å². The molecule has 1 N–H and O–H groups in total. The fourth-order valence-corrected chi connectivity index (χ4v) is 4.71. The van der Waals surface area contributed by atoms with E-state index in [0.717, 1.165) is 31.9 Å². The van der Waals surface area contributed by atoms with E-state index in [9.17, 15) is 18.3 Å². The highest BCUT2D eigenvalue weighted by molar-refractivity contribution is 7.90. The Morgan fingerprint density at radius 3 is 2.09 bits per heavy atom. The van der Waals surface area contributed by atoms with Gasteiger partial charge in [-0.05, 0) is 61.8 Å². The summed E-state index contributed by atoms with van der Waals surface area (Å²) in [6, 6.07) is 6.33. The average Bonchev–Trinajstić information content (AvgIpc) is 3.02. The van der Waals surface area contributed by atoms with E-state index in [-0.39, 0.29) is 22.9 Å². The van der Waals surface area contributed by atoms with Gasteiger partial charge >= 0.3 is 0 Å². The van der Waals surface area contributed by atoms with Crippen molar-refractivity contribution in [3.05, 3.63) is 29.8 Å². The molecule has 0 aromatic heterocycles. The first-order valence-electron chi connectivity index (χ1n) is 8.01. The molecule has 2 aliphatic carbocycles. The fourth-order valence-electron chi connectivity index (χ4n) is 4.08. The Bertz CT molecular complexity index is 684. The summed E-state index contributed by atoms with van der Waals surface area (Å²) in [6.07, 6.45) is 4.59. The van der Waals surface area contributed by atoms with E-state index in [0.29, 0.717) is 17.4 Å². The normalized spacial score (nSPS) is 30.2. The zero-order valence-corrected chi connectivity index (χ0v) is 14.3. The van der Waals surface area contributed by atoms with Crippen LogP contribution in [0.15, 0.2) is 29.2 Å². The number of hydrogen-bond donors (Lipinski definition) is 1. The minimum Gasteiger partial charge on any atom is -0.393 e. The minimum absolute atomic E-state index is 0.0735. The molecule has 0 bridgehead atoms. The second kappa shape index (κ2) is 5.91. The summed E-state index contributed by atoms with van der Waals surface area (Å²) < 4.78 is 23.0. The molecule has 1 aromatic rings. The van der Waals surface area contributed by atoms with Gasteiger partial charge in [-0.1, -0.05) is 0 Å². The van der Waals surface area contributed by atoms with Gasteiger partial charge in [0.2, 0.25) is 0 Å². The third-order valence-electron chi connectivity index (χ3n) is 5.36. The predicted molar refractivity (Wildman–Crippen MR) is 86.9 cm³/mol. The van der Waals surface area contributed by atoms with E-state index in [1.165, 1.54) is 12.1 Å². The molecule has 2 aliphatic rings. The molecular formula is C17H23NO4S. The number of sulfone groups is 1. The first-order chi connectivity index (χ1) is 10.8. The number of aliphatic hydroxyl groups excluding tert-OH is 1. The summed E-state index contributed by atoms with van der Waals surface area (Å²) in [7, 11) is -1.43. The summed E-state index contributed by atoms with van der Waals surface area (Å²) in [5, 5.41) is 9.71. The van der Waals surface area contributed by atoms with Gasteiger partial charge in [-0.15, -0.1) is 0 Å². The van der Waals surface area contributed by atoms with Crippen LogP contribution >= 0.6 is 0 Å². The summed E-state index contributed by atoms with van der Waals surface area (Å²) >= 11 is 0. The highest BCUT2D eigenvalue weighted by Gasteiger charge is 2.43. The van der Waals surface area contributed by atoms with Crippen molar-refractivity contribution in [1.29, 1.82) is 0 Å². The largest absolute Gasteiger partial charge is 0.393 e. The van der Waals surface area contributed by atoms with Crippen molar-refractivity contribution >= 4 is 15.7 Å². The van der Waals surface area contributed by atoms with E-state index in [1.807, 2.05) is 7.05 Å². The molecule has 0 radical (unpaired) electrons. The van der Waals surface area contributed by atoms with E-state index in [1.54, 1.807) is 17.0 Å². The van der Waals surface area contributed by atoms with Crippen molar-refractivity contribution in [2.45, 2.75) is 42.7 Å². The van der Waals surface area contributed by atoms with Gasteiger partial charge in [0, 0.05) is 24.9 Å². The first-order valence-corrected chi connectivity index (χ1v) is 9.90. The Kier molecular flexibility index (Phi) is 4.23. The lowest BCUT2D eigenvalue weighted by Crippen LogP contribution is -2.36. The van der Waals surface area contributed by atoms with Gasteiger partial charge in [-0.3, -0.25) is 4.79 Å². The van der Waals surface area contributed by atoms with Crippen LogP contribution in [0.1, 0.15) is 36.0 Å². The van der Waals surface area contributed by atoms with Crippen molar-refractivity contribution < 1.29 is 18.3 Å². The molecule has 23 heavy (non-hydrogen) atoms. The number of amides is 1. The predicted octanol–water partition coefficient (Wildman–Crippen LogP) is 1.71. The SMILES string of the molecule is CN(C(=O)c1ccc(S(C)(=O)=O)cc1)C1C[C@H]2CC(O)C[C@H]2C1. The summed E-state index contributed by atoms with van der Waals surface area (Å²) in [5.74, 6) is 0.978. The van der Waals surface area contributed by atoms with Crippen molar-refractivity contribution in [1.82, 2.24) is 4.90 Å². The van der Waals surface area contributed by atoms with Crippen molar-refractivity contribution in [2.24, 2.45) is 11.8 Å². The monoisotopic (exact) mass is 337 g/mol. The molecule has 1 aromatic carbocycles. The van der Waals surface area contributed by atoms with Crippen LogP contribution in [0.4, 0.5) is 0 Å². The van der Waals surface area contributed by atoms with Gasteiger partial charge < -0.3 is 10.0 Å². The highest BCUT2D eigenvalue weighted by atomic mass is 32.2. The maximum atomic E-state index is 12.6. The smallest absolute Gasteiger partial charge is 0.253 e. The number of hydrogen-bond acceptors (Lipinski definition) is 4. The molecule has 2 saturated carbocycles. The quantitative estimate of drug-likeness (QED) is 0.911. The average molecular weight is 337 g/mol. The van der Waals surface area contributed by atoms with Crippen LogP contribution in [0.2, 0.25) is 0 Å². The number of carbonyl (C=O) groups is 1. The molecule has 1 amide bonds. The third kappa shape index (κ3) is 3.28. The molecule has 126 valence electrons. The standard InChI is InChI=1S/C17H23NO4S/c1-18(14-7-12-9-15(19)10-13(12)8-14)17(20)11-3-5-16(6-4-11)23(2,21)22/h3-6,12-15,19H,7-10H2,1-2H3/t12-,13+,14?,15?. The summed E-state index contributed by atoms with van der Waals surface area (Å²) in [5.41, 5.74) is 0.511. The third-order valence-corrected chi connectivity index (χ3v) is 6.49. The number of rotatable bonds is 3. The Morgan fingerprint density at radius 2 is 1.61 bits per heavy atom. The fraction of sp³-hybridized carbons (Fsp3) is 0.588. The van der Waals surface area contributed by atoms with Gasteiger partial charge in [0.25, 0.3) is 5.91 Å². The lowest BCUT2D eigenvalue weighted by molar-refractivity contribution is 0.0722. The molecule has 2 unspecified atom stereocenters. The second-order valence-electron chi connectivity index (χ2n) is 6.98. The van der Waals surface area contributed by atoms with Crippen molar-refractivity contribution in [3.8, 4) is 0 Å². The molecule has 4 atom stereocenters. The van der Waals surface area contributed by atoms with Gasteiger partial charge in [0.15, 0.2) is 9.84 Å². The van der Waals surface area contributed by atoms with Crippen LogP contribution in [0, 0.1) is 11.8 Å². The van der Waals surface area contributed by atoms with Gasteiger partial charge in [-0.2, -0.15) is 0 Å². The highest BCUT2D eigenvalue weighted by Crippen LogP contribution is 2.45. The van der Waals surface area contributed by atoms with E-state index < -0.39 is 9.84 Å². The zero-order valence-electron chi connectivity index (χ0n) is 13.5. The van der Waals surface area contributed by atoms with E-state index in [4.69, 9.17) is 0 Å². The molecule has 3 rings (SSSR count). The number of aliphatic hydroxyl groups is 1. The number of nitrogens with zero attached hydrogens (tertiary/aromatic N) is 1. The molecule has 0 heterocycles. The molecule has 5 nitrogen and oxygen atoms in total. The van der Waals surface area contributed by atoms with Crippen LogP contribution in [0.3, 0.4) is 0 Å². The van der Waals surface area contributed by atoms with Crippen LogP contribution in [0.5, 0.6) is 0 Å². The second-order valence-corrected chi connectivity index (χ2v) is 9.00. The molecule has 2 fully saturated rings. The molecule has 0 saturated heterocycles. The molecular weight excluding hydrogens is 314 g/mol. The molecule has 6 heteroatoms. The van der Waals surface area contributed by atoms with Gasteiger partial charge in [0.05, 0.1) is 11.0 Å². The zero-order chi connectivity index (χ0) is 16.8. The lowest BCUT2D eigenvalue weighted by atomic mass is 10.0. The Balaban J connectivity index is 1.69. The summed E-state index contributed by atoms with van der Waals surface area (Å²) in [6.45, 7) is 0. The van der Waals surface area contributed by atoms with Crippen LogP contribution in [0.25, 0.3) is 0 Å². The van der Waals surface area contributed by atoms with Crippen LogP contribution < -0.4 is 0 Å². The number of fused-ring (bicyclic) bond motifs is 1. The molecule has 0 aliphatic heterocycles. The topological polar surface area (TPSA) is 74.7 Å². The summed E-state index contributed by atoms with van der Waals surface area (Å²) in [4.78, 5) is 14.6. The minimum atomic E-state index is -3.25. The van der Waals surface area contributed by atoms with E-state index in [2.05, 4.69) is 0 Å². The maximum Gasteiger partial charge on any atom is 0.253 e. The van der Waals surface area contributed by atoms with Gasteiger partial charge in [-0.25, -0.2) is 8.42 Å². The Morgan fingerprint density at radius 1 is 1.09 bits per heavy atom. The van der Waals surface area contributed by atoms with Crippen LogP contribution in [-0.2, 0) is 9.84 Å². The van der Waals surface area contributed by atoms with Crippen molar-refractivity contribution in [3.63, 3.8) is 0 Å². The lowest BCUT2D eigenvalue weighted by Gasteiger charge is -2.25. The van der Waals surface area contributed by atoms with Gasteiger partial charge in [0.1, 0.15) is 0 Å². The maximum absolute atomic E-state index is 12.6. The van der Waals surface area contributed by atoms with E-state index >= 15 is 0 Å². The number of benzene rings is 1. The van der Waals surface area contributed by atoms with Crippen LogP contribution in [-0.4, -0.2) is 49.8 Å². The Hall–Kier alpha value is -1.40. The first kappa shape index (κ1) is 16.5. The number of carbonyl (C=O) groups excluding carboxylic acids is 1.